The third kappa shape index (κ3) is 5.30. The second-order valence-corrected chi connectivity index (χ2v) is 1.11. The lowest BCUT2D eigenvalue weighted by Crippen LogP contribution is -2.39. The molecule has 3 heteroatoms. The summed E-state index contributed by atoms with van der Waals surface area (Å²) < 4.78 is 0. The highest BCUT2D eigenvalue weighted by atomic mass is 16.4. The molecule has 0 fully saturated rings. The summed E-state index contributed by atoms with van der Waals surface area (Å²) in [7, 11) is 0. The Hall–Kier alpha value is -0.700. The minimum Gasteiger partial charge on any atom is -0.548 e. The Kier molecular flexibility index (Phi) is 4.77. The van der Waals surface area contributed by atoms with Gasteiger partial charge in [0.1, 0.15) is 0 Å². The van der Waals surface area contributed by atoms with Gasteiger partial charge in [0.05, 0.1) is 5.97 Å². The van der Waals surface area contributed by atoms with E-state index in [1.54, 1.807) is 0 Å². The number of carboxylic acid groups (broad SMARTS) is 1. The summed E-state index contributed by atoms with van der Waals surface area (Å²) >= 11 is 0. The van der Waals surface area contributed by atoms with Crippen molar-refractivity contribution < 1.29 is 9.90 Å². The fourth-order valence-electron chi connectivity index (χ4n) is 0. The van der Waals surface area contributed by atoms with Crippen LogP contribution in [-0.4, -0.2) is 12.0 Å². The van der Waals surface area contributed by atoms with Crippen molar-refractivity contribution in [3.63, 3.8) is 0 Å². The third-order valence-corrected chi connectivity index (χ3v) is 0.372. The molecular weight excluding hydrogens is 94.0 g/mol. The van der Waals surface area contributed by atoms with E-state index in [2.05, 4.69) is 0 Å². The van der Waals surface area contributed by atoms with Gasteiger partial charge in [-0.15, -0.1) is 0 Å². The van der Waals surface area contributed by atoms with Gasteiger partial charge in [0, 0.05) is 13.5 Å². The molecule has 0 spiro atoms. The van der Waals surface area contributed by atoms with Gasteiger partial charge < -0.3 is 15.6 Å². The first kappa shape index (κ1) is 9.57. The molecule has 0 aromatic rings. The summed E-state index contributed by atoms with van der Waals surface area (Å²) in [5, 5.41) is 9.46. The highest BCUT2D eigenvalue weighted by molar-refractivity contribution is 5.70. The highest BCUT2D eigenvalue weighted by Gasteiger charge is 1.87. The molecule has 0 rings (SSSR count). The van der Waals surface area contributed by atoms with Gasteiger partial charge in [-0.25, -0.2) is 0 Å². The first-order valence-electron chi connectivity index (χ1n) is 1.61. The van der Waals surface area contributed by atoms with Crippen molar-refractivity contribution in [2.75, 3.05) is 0 Å². The van der Waals surface area contributed by atoms with Crippen LogP contribution in [0.5, 0.6) is 0 Å². The van der Waals surface area contributed by atoms with E-state index in [9.17, 15) is 9.90 Å². The molecule has 0 bridgehead atoms. The van der Waals surface area contributed by atoms with E-state index in [1.807, 2.05) is 0 Å². The first-order chi connectivity index (χ1) is 2.64. The van der Waals surface area contributed by atoms with Crippen molar-refractivity contribution in [1.82, 2.24) is 0 Å². The molecule has 0 aromatic heterocycles. The van der Waals surface area contributed by atoms with Crippen LogP contribution in [0.25, 0.3) is 0 Å². The van der Waals surface area contributed by atoms with Crippen molar-refractivity contribution in [3.8, 4) is 0 Å². The van der Waals surface area contributed by atoms with E-state index in [-0.39, 0.29) is 7.43 Å². The van der Waals surface area contributed by atoms with Crippen molar-refractivity contribution >= 4 is 5.97 Å². The Morgan fingerprint density at radius 2 is 2.00 bits per heavy atom. The van der Waals surface area contributed by atoms with Gasteiger partial charge in [0.15, 0.2) is 0 Å². The van der Waals surface area contributed by atoms with Gasteiger partial charge in [0.2, 0.25) is 0 Å². The molecule has 3 nitrogen and oxygen atoms in total. The molecule has 0 aliphatic rings. The minimum atomic E-state index is -1.21. The Labute approximate surface area is 43.1 Å². The molecule has 1 atom stereocenters. The first-order valence-corrected chi connectivity index (χ1v) is 1.61. The second-order valence-electron chi connectivity index (χ2n) is 1.11. The van der Waals surface area contributed by atoms with Crippen LogP contribution in [0.3, 0.4) is 0 Å². The summed E-state index contributed by atoms with van der Waals surface area (Å²) in [4.78, 5) is 9.46. The van der Waals surface area contributed by atoms with Crippen LogP contribution in [0, 0.1) is 7.43 Å². The number of carbonyl (C=O) groups is 1. The van der Waals surface area contributed by atoms with Crippen LogP contribution < -0.4 is 10.8 Å². The topological polar surface area (TPSA) is 66.2 Å². The summed E-state index contributed by atoms with van der Waals surface area (Å²) in [6.07, 6.45) is 0. The van der Waals surface area contributed by atoms with Gasteiger partial charge in [-0.05, 0) is 6.92 Å². The van der Waals surface area contributed by atoms with Gasteiger partial charge in [-0.2, -0.15) is 0 Å². The lowest BCUT2D eigenvalue weighted by Gasteiger charge is -2.01. The van der Waals surface area contributed by atoms with E-state index >= 15 is 0 Å². The fourth-order valence-corrected chi connectivity index (χ4v) is 0. The largest absolute Gasteiger partial charge is 0.548 e. The van der Waals surface area contributed by atoms with Crippen LogP contribution in [0.4, 0.5) is 0 Å². The van der Waals surface area contributed by atoms with Crippen LogP contribution in [-0.2, 0) is 4.79 Å². The quantitative estimate of drug-likeness (QED) is 0.412. The van der Waals surface area contributed by atoms with Crippen molar-refractivity contribution in [1.29, 1.82) is 0 Å². The minimum absolute atomic E-state index is 0. The van der Waals surface area contributed by atoms with Crippen LogP contribution in [0.15, 0.2) is 0 Å². The van der Waals surface area contributed by atoms with E-state index in [4.69, 9.17) is 5.73 Å². The van der Waals surface area contributed by atoms with E-state index in [0.29, 0.717) is 0 Å². The average molecular weight is 103 g/mol. The Morgan fingerprint density at radius 1 is 1.86 bits per heavy atom. The van der Waals surface area contributed by atoms with Crippen molar-refractivity contribution in [3.05, 3.63) is 7.43 Å². The van der Waals surface area contributed by atoms with Gasteiger partial charge >= 0.3 is 0 Å². The average Bonchev–Trinajstić information content (AvgIpc) is 1.36. The number of carboxylic acids is 1. The molecule has 2 N–H and O–H groups in total. The lowest BCUT2D eigenvalue weighted by atomic mass is 10.4. The predicted octanol–water partition coefficient (Wildman–Crippen LogP) is -1.47. The van der Waals surface area contributed by atoms with E-state index in [1.165, 1.54) is 6.92 Å². The van der Waals surface area contributed by atoms with Crippen LogP contribution >= 0.6 is 0 Å². The number of carbonyl (C=O) groups excluding carboxylic acids is 1. The zero-order valence-corrected chi connectivity index (χ0v) is 4.47. The molecule has 0 saturated carbocycles. The summed E-state index contributed by atoms with van der Waals surface area (Å²) in [6, 6.07) is -0.843. The standard InChI is InChI=1S/C3H7NO2.CH3/c1-2(4)3(5)6;/h2H,4H2,1H3,(H,5,6);1H3/q;+1/p-1. The number of rotatable bonds is 1. The maximum atomic E-state index is 9.46. The van der Waals surface area contributed by atoms with Crippen molar-refractivity contribution in [2.45, 2.75) is 13.0 Å². The molecule has 0 amide bonds. The highest BCUT2D eigenvalue weighted by Crippen LogP contribution is 1.63. The number of hydrogen-bond acceptors (Lipinski definition) is 3. The van der Waals surface area contributed by atoms with Gasteiger partial charge in [-0.1, -0.05) is 0 Å². The van der Waals surface area contributed by atoms with Crippen LogP contribution in [0.1, 0.15) is 6.92 Å². The molecular formula is C4H9NO2. The van der Waals surface area contributed by atoms with Crippen molar-refractivity contribution in [2.24, 2.45) is 5.73 Å². The summed E-state index contributed by atoms with van der Waals surface area (Å²) in [6.45, 7) is 1.36. The van der Waals surface area contributed by atoms with Crippen LogP contribution in [0.2, 0.25) is 0 Å². The number of hydrogen-bond donors (Lipinski definition) is 1. The Bertz CT molecular complexity index is 60.7. The predicted molar refractivity (Wildman–Crippen MR) is 25.1 cm³/mol. The second kappa shape index (κ2) is 3.49. The zero-order chi connectivity index (χ0) is 5.15. The number of nitrogens with two attached hydrogens (primary N) is 1. The Balaban J connectivity index is 0. The molecule has 0 radical (unpaired) electrons. The third-order valence-electron chi connectivity index (χ3n) is 0.372. The molecule has 0 aliphatic carbocycles. The maximum Gasteiger partial charge on any atom is 0.0579 e. The summed E-state index contributed by atoms with van der Waals surface area (Å²) in [5.74, 6) is -1.21. The molecule has 42 valence electrons. The Morgan fingerprint density at radius 3 is 2.00 bits per heavy atom. The molecule has 0 aliphatic heterocycles. The van der Waals surface area contributed by atoms with Gasteiger partial charge in [0.25, 0.3) is 0 Å². The maximum absolute atomic E-state index is 9.46. The zero-order valence-electron chi connectivity index (χ0n) is 4.47. The van der Waals surface area contributed by atoms with E-state index < -0.39 is 12.0 Å². The molecule has 1 unspecified atom stereocenters. The lowest BCUT2D eigenvalue weighted by molar-refractivity contribution is -0.306. The normalized spacial score (nSPS) is 11.7. The fraction of sp³-hybridized carbons (Fsp3) is 0.500. The summed E-state index contributed by atoms with van der Waals surface area (Å²) in [5.41, 5.74) is 4.77. The molecule has 0 saturated heterocycles. The van der Waals surface area contributed by atoms with Gasteiger partial charge in [-0.3, -0.25) is 0 Å². The number of aliphatic carboxylic acids is 1. The monoisotopic (exact) mass is 103 g/mol. The smallest absolute Gasteiger partial charge is 0.0579 e. The SMILES string of the molecule is CC(N)C(=O)[O-].[CH3+]. The molecule has 7 heavy (non-hydrogen) atoms. The molecule has 0 aromatic carbocycles. The molecule has 0 heterocycles. The van der Waals surface area contributed by atoms with E-state index in [0.717, 1.165) is 0 Å².